The van der Waals surface area contributed by atoms with Crippen LogP contribution in [0.5, 0.6) is 0 Å². The summed E-state index contributed by atoms with van der Waals surface area (Å²) < 4.78 is 28.3. The van der Waals surface area contributed by atoms with Gasteiger partial charge in [-0.3, -0.25) is 14.9 Å². The van der Waals surface area contributed by atoms with E-state index in [-0.39, 0.29) is 12.1 Å². The standard InChI is InChI=1S/C25H18F2N4O/c1-15-8-19(4-6-28-15)25-22-11-17(2-3-23(22)29-30-25)18-5-7-31(24(32)12-18)14-16-9-20(26)13-21(27)10-16/h2-13H,14H2,1H3,(H,29,30). The maximum atomic E-state index is 13.5. The van der Waals surface area contributed by atoms with Crippen LogP contribution in [0.15, 0.2) is 77.9 Å². The lowest BCUT2D eigenvalue weighted by molar-refractivity contribution is 0.577. The largest absolute Gasteiger partial charge is 0.311 e. The van der Waals surface area contributed by atoms with Crippen molar-refractivity contribution in [2.75, 3.05) is 0 Å². The molecule has 0 atom stereocenters. The first-order chi connectivity index (χ1) is 15.5. The molecule has 158 valence electrons. The van der Waals surface area contributed by atoms with Gasteiger partial charge in [0.15, 0.2) is 0 Å². The van der Waals surface area contributed by atoms with Crippen molar-refractivity contribution in [3.63, 3.8) is 0 Å². The quantitative estimate of drug-likeness (QED) is 0.434. The second kappa shape index (κ2) is 7.85. The average molecular weight is 428 g/mol. The van der Waals surface area contributed by atoms with Gasteiger partial charge in [0.05, 0.1) is 12.1 Å². The van der Waals surface area contributed by atoms with Gasteiger partial charge < -0.3 is 4.57 Å². The van der Waals surface area contributed by atoms with Crippen LogP contribution in [0.2, 0.25) is 0 Å². The van der Waals surface area contributed by atoms with Gasteiger partial charge in [-0.2, -0.15) is 5.10 Å². The van der Waals surface area contributed by atoms with E-state index >= 15 is 0 Å². The van der Waals surface area contributed by atoms with Crippen LogP contribution < -0.4 is 5.56 Å². The van der Waals surface area contributed by atoms with Gasteiger partial charge in [0, 0.05) is 41.2 Å². The van der Waals surface area contributed by atoms with Crippen molar-refractivity contribution in [3.8, 4) is 22.4 Å². The van der Waals surface area contributed by atoms with Gasteiger partial charge in [-0.25, -0.2) is 8.78 Å². The first kappa shape index (κ1) is 19.8. The zero-order valence-corrected chi connectivity index (χ0v) is 17.1. The Morgan fingerprint density at radius 2 is 1.69 bits per heavy atom. The van der Waals surface area contributed by atoms with E-state index in [0.29, 0.717) is 5.56 Å². The number of H-pyrrole nitrogens is 1. The number of hydrogen-bond acceptors (Lipinski definition) is 3. The van der Waals surface area contributed by atoms with Gasteiger partial charge in [-0.15, -0.1) is 0 Å². The van der Waals surface area contributed by atoms with Crippen LogP contribution in [0.3, 0.4) is 0 Å². The normalized spacial score (nSPS) is 11.2. The van der Waals surface area contributed by atoms with Crippen molar-refractivity contribution in [2.24, 2.45) is 0 Å². The molecule has 0 radical (unpaired) electrons. The Balaban J connectivity index is 1.51. The van der Waals surface area contributed by atoms with Crippen LogP contribution in [-0.4, -0.2) is 19.7 Å². The van der Waals surface area contributed by atoms with Crippen LogP contribution in [0, 0.1) is 18.6 Å². The van der Waals surface area contributed by atoms with Crippen molar-refractivity contribution < 1.29 is 8.78 Å². The Labute approximate surface area is 182 Å². The summed E-state index contributed by atoms with van der Waals surface area (Å²) in [4.78, 5) is 16.9. The molecule has 0 unspecified atom stereocenters. The molecule has 3 heterocycles. The molecule has 5 rings (SSSR count). The molecule has 2 aromatic carbocycles. The Bertz CT molecular complexity index is 1500. The van der Waals surface area contributed by atoms with E-state index < -0.39 is 11.6 Å². The molecular formula is C25H18F2N4O. The molecule has 5 aromatic rings. The van der Waals surface area contributed by atoms with Crippen LogP contribution in [0.1, 0.15) is 11.3 Å². The summed E-state index contributed by atoms with van der Waals surface area (Å²) in [6.07, 6.45) is 3.38. The number of nitrogens with zero attached hydrogens (tertiary/aromatic N) is 3. The first-order valence-corrected chi connectivity index (χ1v) is 10.0. The number of benzene rings is 2. The zero-order chi connectivity index (χ0) is 22.2. The molecule has 0 saturated carbocycles. The lowest BCUT2D eigenvalue weighted by Crippen LogP contribution is -2.19. The molecule has 0 aliphatic rings. The highest BCUT2D eigenvalue weighted by atomic mass is 19.1. The van der Waals surface area contributed by atoms with Gasteiger partial charge >= 0.3 is 0 Å². The molecule has 0 fully saturated rings. The number of aromatic nitrogens is 4. The molecule has 1 N–H and O–H groups in total. The minimum Gasteiger partial charge on any atom is -0.311 e. The molecule has 0 bridgehead atoms. The van der Waals surface area contributed by atoms with E-state index in [9.17, 15) is 13.6 Å². The third-order valence-electron chi connectivity index (χ3n) is 5.34. The van der Waals surface area contributed by atoms with Crippen LogP contribution in [0.25, 0.3) is 33.3 Å². The van der Waals surface area contributed by atoms with Crippen molar-refractivity contribution in [1.82, 2.24) is 19.7 Å². The molecule has 7 heteroatoms. The monoisotopic (exact) mass is 428 g/mol. The Morgan fingerprint density at radius 1 is 0.906 bits per heavy atom. The number of aromatic amines is 1. The Morgan fingerprint density at radius 3 is 2.44 bits per heavy atom. The van der Waals surface area contributed by atoms with Crippen molar-refractivity contribution >= 4 is 10.9 Å². The van der Waals surface area contributed by atoms with Crippen molar-refractivity contribution in [1.29, 1.82) is 0 Å². The van der Waals surface area contributed by atoms with Gasteiger partial charge in [0.25, 0.3) is 5.56 Å². The number of pyridine rings is 2. The Hall–Kier alpha value is -4.13. The smallest absolute Gasteiger partial charge is 0.251 e. The predicted octanol–water partition coefficient (Wildman–Crippen LogP) is 5.09. The van der Waals surface area contributed by atoms with Crippen LogP contribution in [-0.2, 0) is 6.54 Å². The zero-order valence-electron chi connectivity index (χ0n) is 17.1. The Kier molecular flexibility index (Phi) is 4.86. The fourth-order valence-corrected chi connectivity index (χ4v) is 3.82. The van der Waals surface area contributed by atoms with Gasteiger partial charge in [-0.1, -0.05) is 6.07 Å². The number of hydrogen-bond donors (Lipinski definition) is 1. The molecule has 0 spiro atoms. The SMILES string of the molecule is Cc1cc(-c2n[nH]c3ccc(-c4ccn(Cc5cc(F)cc(F)c5)c(=O)c4)cc23)ccn1. The maximum absolute atomic E-state index is 13.5. The molecule has 0 saturated heterocycles. The summed E-state index contributed by atoms with van der Waals surface area (Å²) >= 11 is 0. The van der Waals surface area contributed by atoms with E-state index in [1.54, 1.807) is 12.4 Å². The van der Waals surface area contributed by atoms with E-state index in [1.165, 1.54) is 22.8 Å². The fraction of sp³-hybridized carbons (Fsp3) is 0.0800. The average Bonchev–Trinajstić information content (AvgIpc) is 3.18. The van der Waals surface area contributed by atoms with Gasteiger partial charge in [0.2, 0.25) is 0 Å². The highest BCUT2D eigenvalue weighted by Crippen LogP contribution is 2.30. The van der Waals surface area contributed by atoms with Gasteiger partial charge in [-0.05, 0) is 66.1 Å². The number of halogens is 2. The molecule has 0 aliphatic heterocycles. The lowest BCUT2D eigenvalue weighted by atomic mass is 10.0. The summed E-state index contributed by atoms with van der Waals surface area (Å²) in [5.41, 5.74) is 5.30. The van der Waals surface area contributed by atoms with Crippen molar-refractivity contribution in [2.45, 2.75) is 13.5 Å². The minimum atomic E-state index is -0.668. The highest BCUT2D eigenvalue weighted by Gasteiger charge is 2.11. The molecular weight excluding hydrogens is 410 g/mol. The van der Waals surface area contributed by atoms with E-state index in [4.69, 9.17) is 0 Å². The summed E-state index contributed by atoms with van der Waals surface area (Å²) in [5.74, 6) is -1.34. The molecule has 32 heavy (non-hydrogen) atoms. The topological polar surface area (TPSA) is 63.6 Å². The van der Waals surface area contributed by atoms with E-state index in [1.807, 2.05) is 43.3 Å². The van der Waals surface area contributed by atoms with Crippen LogP contribution in [0.4, 0.5) is 8.78 Å². The van der Waals surface area contributed by atoms with E-state index in [2.05, 4.69) is 15.2 Å². The third kappa shape index (κ3) is 3.80. The first-order valence-electron chi connectivity index (χ1n) is 10.0. The summed E-state index contributed by atoms with van der Waals surface area (Å²) in [6, 6.07) is 16.3. The number of fused-ring (bicyclic) bond motifs is 1. The highest BCUT2D eigenvalue weighted by molar-refractivity contribution is 5.95. The summed E-state index contributed by atoms with van der Waals surface area (Å²) in [5, 5.41) is 8.44. The third-order valence-corrected chi connectivity index (χ3v) is 5.34. The second-order valence-corrected chi connectivity index (χ2v) is 7.68. The van der Waals surface area contributed by atoms with Crippen molar-refractivity contribution in [3.05, 3.63) is 106 Å². The number of nitrogens with one attached hydrogen (secondary N) is 1. The molecule has 0 aliphatic carbocycles. The predicted molar refractivity (Wildman–Crippen MR) is 119 cm³/mol. The van der Waals surface area contributed by atoms with Gasteiger partial charge in [0.1, 0.15) is 17.3 Å². The number of aryl methyl sites for hydroxylation is 1. The minimum absolute atomic E-state index is 0.0834. The molecule has 5 nitrogen and oxygen atoms in total. The lowest BCUT2D eigenvalue weighted by Gasteiger charge is -2.08. The molecule has 0 amide bonds. The number of rotatable bonds is 4. The fourth-order valence-electron chi connectivity index (χ4n) is 3.82. The van der Waals surface area contributed by atoms with Crippen LogP contribution >= 0.6 is 0 Å². The summed E-state index contributed by atoms with van der Waals surface area (Å²) in [6.45, 7) is 2.01. The summed E-state index contributed by atoms with van der Waals surface area (Å²) in [7, 11) is 0. The second-order valence-electron chi connectivity index (χ2n) is 7.68. The maximum Gasteiger partial charge on any atom is 0.251 e. The van der Waals surface area contributed by atoms with E-state index in [0.717, 1.165) is 45.0 Å². The molecule has 3 aromatic heterocycles.